The lowest BCUT2D eigenvalue weighted by Crippen LogP contribution is -2.33. The first-order valence-corrected chi connectivity index (χ1v) is 6.40. The molecular weight excluding hydrogens is 244 g/mol. The monoisotopic (exact) mass is 262 g/mol. The van der Waals surface area contributed by atoms with Gasteiger partial charge >= 0.3 is 0 Å². The Hall–Kier alpha value is -1.72. The Bertz CT molecular complexity index is 499. The van der Waals surface area contributed by atoms with Crippen molar-refractivity contribution in [3.63, 3.8) is 0 Å². The van der Waals surface area contributed by atoms with Crippen molar-refractivity contribution in [1.82, 2.24) is 5.32 Å². The number of aliphatic hydroxyl groups is 1. The van der Waals surface area contributed by atoms with Gasteiger partial charge in [0.05, 0.1) is 12.1 Å². The average molecular weight is 262 g/mol. The summed E-state index contributed by atoms with van der Waals surface area (Å²) in [5, 5.41) is 11.8. The molecule has 0 radical (unpaired) electrons. The van der Waals surface area contributed by atoms with Gasteiger partial charge in [-0.3, -0.25) is 9.59 Å². The molecule has 19 heavy (non-hydrogen) atoms. The Morgan fingerprint density at radius 1 is 1.47 bits per heavy atom. The molecule has 2 N–H and O–H groups in total. The van der Waals surface area contributed by atoms with E-state index in [0.717, 1.165) is 17.7 Å². The van der Waals surface area contributed by atoms with E-state index < -0.39 is 0 Å². The van der Waals surface area contributed by atoms with Crippen molar-refractivity contribution >= 4 is 17.5 Å². The minimum Gasteiger partial charge on any atom is -0.396 e. The zero-order valence-electron chi connectivity index (χ0n) is 11.0. The van der Waals surface area contributed by atoms with E-state index in [9.17, 15) is 9.59 Å². The Morgan fingerprint density at radius 2 is 2.26 bits per heavy atom. The molecule has 0 atom stereocenters. The van der Waals surface area contributed by atoms with Gasteiger partial charge in [0, 0.05) is 19.6 Å². The second-order valence-corrected chi connectivity index (χ2v) is 4.62. The molecule has 1 aromatic rings. The molecule has 1 aliphatic heterocycles. The number of carbonyl (C=O) groups is 2. The topological polar surface area (TPSA) is 69.6 Å². The van der Waals surface area contributed by atoms with Crippen molar-refractivity contribution in [2.24, 2.45) is 0 Å². The fourth-order valence-corrected chi connectivity index (χ4v) is 2.30. The number of benzene rings is 1. The van der Waals surface area contributed by atoms with E-state index in [4.69, 9.17) is 5.11 Å². The van der Waals surface area contributed by atoms with Gasteiger partial charge in [-0.1, -0.05) is 12.1 Å². The molecule has 0 bridgehead atoms. The maximum Gasteiger partial charge on any atom is 0.238 e. The largest absolute Gasteiger partial charge is 0.396 e. The van der Waals surface area contributed by atoms with E-state index in [2.05, 4.69) is 5.32 Å². The first-order valence-electron chi connectivity index (χ1n) is 6.40. The Labute approximate surface area is 112 Å². The highest BCUT2D eigenvalue weighted by Gasteiger charge is 2.31. The molecular formula is C14H18N2O3. The Kier molecular flexibility index (Phi) is 4.29. The average Bonchev–Trinajstić information content (AvgIpc) is 2.71. The molecule has 0 aromatic heterocycles. The standard InChI is InChI=1S/C14H18N2O3/c1-15-9-10-4-5-12-11(7-10)8-14(19)16(12)13(18)3-2-6-17/h4-5,7,15,17H,2-3,6,8-9H2,1H3. The number of aliphatic hydroxyl groups excluding tert-OH is 1. The van der Waals surface area contributed by atoms with Crippen LogP contribution in [0.4, 0.5) is 5.69 Å². The quantitative estimate of drug-likeness (QED) is 0.815. The van der Waals surface area contributed by atoms with E-state index in [1.165, 1.54) is 4.90 Å². The Balaban J connectivity index is 2.21. The molecule has 5 nitrogen and oxygen atoms in total. The van der Waals surface area contributed by atoms with Gasteiger partial charge in [-0.15, -0.1) is 0 Å². The number of carbonyl (C=O) groups excluding carboxylic acids is 2. The molecule has 0 unspecified atom stereocenters. The second kappa shape index (κ2) is 5.95. The first kappa shape index (κ1) is 13.7. The smallest absolute Gasteiger partial charge is 0.238 e. The third kappa shape index (κ3) is 2.83. The van der Waals surface area contributed by atoms with Crippen LogP contribution in [0.1, 0.15) is 24.0 Å². The SMILES string of the molecule is CNCc1ccc2c(c1)CC(=O)N2C(=O)CCCO. The number of nitrogens with one attached hydrogen (secondary N) is 1. The highest BCUT2D eigenvalue weighted by atomic mass is 16.3. The minimum absolute atomic E-state index is 0.0399. The highest BCUT2D eigenvalue weighted by Crippen LogP contribution is 2.30. The van der Waals surface area contributed by atoms with E-state index in [1.807, 2.05) is 25.2 Å². The zero-order valence-corrected chi connectivity index (χ0v) is 11.0. The maximum absolute atomic E-state index is 12.0. The van der Waals surface area contributed by atoms with Crippen molar-refractivity contribution in [2.45, 2.75) is 25.8 Å². The molecule has 0 aliphatic carbocycles. The molecule has 5 heteroatoms. The highest BCUT2D eigenvalue weighted by molar-refractivity contribution is 6.19. The third-order valence-electron chi connectivity index (χ3n) is 3.15. The number of hydrogen-bond donors (Lipinski definition) is 2. The van der Waals surface area contributed by atoms with Crippen LogP contribution in [0.25, 0.3) is 0 Å². The molecule has 0 fully saturated rings. The van der Waals surface area contributed by atoms with Gasteiger partial charge in [0.15, 0.2) is 0 Å². The Morgan fingerprint density at radius 3 is 2.95 bits per heavy atom. The van der Waals surface area contributed by atoms with Crippen molar-refractivity contribution < 1.29 is 14.7 Å². The lowest BCUT2D eigenvalue weighted by atomic mass is 10.1. The lowest BCUT2D eigenvalue weighted by molar-refractivity contribution is -0.125. The van der Waals surface area contributed by atoms with E-state index in [-0.39, 0.29) is 31.3 Å². The van der Waals surface area contributed by atoms with E-state index >= 15 is 0 Å². The molecule has 1 aliphatic rings. The molecule has 0 saturated carbocycles. The van der Waals surface area contributed by atoms with Gasteiger partial charge in [-0.25, -0.2) is 4.90 Å². The van der Waals surface area contributed by atoms with Crippen LogP contribution in [0.2, 0.25) is 0 Å². The van der Waals surface area contributed by atoms with Crippen molar-refractivity contribution in [3.8, 4) is 0 Å². The summed E-state index contributed by atoms with van der Waals surface area (Å²) >= 11 is 0. The number of rotatable bonds is 5. The summed E-state index contributed by atoms with van der Waals surface area (Å²) in [5.41, 5.74) is 2.68. The first-order chi connectivity index (χ1) is 9.17. The molecule has 1 heterocycles. The number of fused-ring (bicyclic) bond motifs is 1. The van der Waals surface area contributed by atoms with Crippen molar-refractivity contribution in [2.75, 3.05) is 18.6 Å². The van der Waals surface area contributed by atoms with Crippen LogP contribution in [-0.2, 0) is 22.6 Å². The number of nitrogens with zero attached hydrogens (tertiary/aromatic N) is 1. The van der Waals surface area contributed by atoms with E-state index in [0.29, 0.717) is 12.1 Å². The van der Waals surface area contributed by atoms with Crippen LogP contribution in [0.5, 0.6) is 0 Å². The fourth-order valence-electron chi connectivity index (χ4n) is 2.30. The second-order valence-electron chi connectivity index (χ2n) is 4.62. The summed E-state index contributed by atoms with van der Waals surface area (Å²) in [6.07, 6.45) is 0.855. The summed E-state index contributed by atoms with van der Waals surface area (Å²) in [7, 11) is 1.86. The fraction of sp³-hybridized carbons (Fsp3) is 0.429. The molecule has 0 saturated heterocycles. The number of amides is 2. The number of anilines is 1. The van der Waals surface area contributed by atoms with Crippen LogP contribution in [0.15, 0.2) is 18.2 Å². The van der Waals surface area contributed by atoms with Crippen LogP contribution >= 0.6 is 0 Å². The number of hydrogen-bond acceptors (Lipinski definition) is 4. The van der Waals surface area contributed by atoms with Crippen LogP contribution in [0.3, 0.4) is 0 Å². The third-order valence-corrected chi connectivity index (χ3v) is 3.15. The summed E-state index contributed by atoms with van der Waals surface area (Å²) in [6, 6.07) is 5.70. The van der Waals surface area contributed by atoms with Gasteiger partial charge < -0.3 is 10.4 Å². The van der Waals surface area contributed by atoms with Gasteiger partial charge in [-0.2, -0.15) is 0 Å². The molecule has 1 aromatic carbocycles. The molecule has 2 rings (SSSR count). The van der Waals surface area contributed by atoms with Crippen molar-refractivity contribution in [3.05, 3.63) is 29.3 Å². The predicted molar refractivity (Wildman–Crippen MR) is 71.7 cm³/mol. The summed E-state index contributed by atoms with van der Waals surface area (Å²) in [6.45, 7) is 0.696. The maximum atomic E-state index is 12.0. The summed E-state index contributed by atoms with van der Waals surface area (Å²) in [4.78, 5) is 25.1. The van der Waals surface area contributed by atoms with Gasteiger partial charge in [0.25, 0.3) is 0 Å². The van der Waals surface area contributed by atoms with E-state index in [1.54, 1.807) is 0 Å². The summed E-state index contributed by atoms with van der Waals surface area (Å²) in [5.74, 6) is -0.418. The van der Waals surface area contributed by atoms with Crippen LogP contribution < -0.4 is 10.2 Å². The lowest BCUT2D eigenvalue weighted by Gasteiger charge is -2.15. The minimum atomic E-state index is -0.237. The normalized spacial score (nSPS) is 13.8. The molecule has 0 spiro atoms. The number of imide groups is 1. The van der Waals surface area contributed by atoms with Gasteiger partial charge in [0.2, 0.25) is 11.8 Å². The predicted octanol–water partition coefficient (Wildman–Crippen LogP) is 0.594. The molecule has 2 amide bonds. The van der Waals surface area contributed by atoms with Crippen LogP contribution in [0, 0.1) is 0 Å². The molecule has 102 valence electrons. The van der Waals surface area contributed by atoms with Gasteiger partial charge in [-0.05, 0) is 30.7 Å². The summed E-state index contributed by atoms with van der Waals surface area (Å²) < 4.78 is 0. The van der Waals surface area contributed by atoms with Crippen molar-refractivity contribution in [1.29, 1.82) is 0 Å². The van der Waals surface area contributed by atoms with Crippen LogP contribution in [-0.4, -0.2) is 30.6 Å². The van der Waals surface area contributed by atoms with Gasteiger partial charge in [0.1, 0.15) is 0 Å². The zero-order chi connectivity index (χ0) is 13.8.